The van der Waals surface area contributed by atoms with Crippen LogP contribution in [0.1, 0.15) is 43.0 Å². The number of likely N-dealkylation sites (tertiary alicyclic amines) is 1. The number of carbonyl (C=O) groups excluding carboxylic acids is 1. The summed E-state index contributed by atoms with van der Waals surface area (Å²) in [5.41, 5.74) is 7.12. The fraction of sp³-hybridized carbons (Fsp3) is 0.351. The average molecular weight is 613 g/mol. The minimum Gasteiger partial charge on any atom is -0.494 e. The van der Waals surface area contributed by atoms with Gasteiger partial charge in [-0.15, -0.1) is 0 Å². The molecule has 1 amide bonds. The highest BCUT2D eigenvalue weighted by Gasteiger charge is 2.46. The van der Waals surface area contributed by atoms with Gasteiger partial charge in [0, 0.05) is 48.0 Å². The quantitative estimate of drug-likeness (QED) is 0.235. The SMILES string of the molecule is COc1cc(C(=O)N2CC3CCC2[C@@H]3C)cc2nc(-c3cc4ccc(-c5ccc6[nH]ncc(=O)c6c5)cc4n3CC3CC3)n(C)c12. The van der Waals surface area contributed by atoms with Crippen molar-refractivity contribution in [3.8, 4) is 28.4 Å². The zero-order valence-corrected chi connectivity index (χ0v) is 26.3. The van der Waals surface area contributed by atoms with E-state index in [0.717, 1.165) is 69.6 Å². The number of carbonyl (C=O) groups is 1. The van der Waals surface area contributed by atoms with Crippen LogP contribution in [-0.2, 0) is 13.6 Å². The van der Waals surface area contributed by atoms with Crippen molar-refractivity contribution in [2.75, 3.05) is 13.7 Å². The molecule has 6 aromatic rings. The number of benzene rings is 3. The normalized spacial score (nSPS) is 20.8. The summed E-state index contributed by atoms with van der Waals surface area (Å²) in [6.07, 6.45) is 6.08. The van der Waals surface area contributed by atoms with E-state index in [4.69, 9.17) is 9.72 Å². The Morgan fingerprint density at radius 1 is 1.02 bits per heavy atom. The second-order valence-corrected chi connectivity index (χ2v) is 13.6. The molecule has 1 N–H and O–H groups in total. The number of H-pyrrole nitrogens is 1. The van der Waals surface area contributed by atoms with Crippen molar-refractivity contribution in [2.24, 2.45) is 24.8 Å². The molecule has 2 bridgehead atoms. The first-order chi connectivity index (χ1) is 22.4. The van der Waals surface area contributed by atoms with Crippen molar-refractivity contribution in [1.29, 1.82) is 0 Å². The molecular formula is C37H36N6O3. The van der Waals surface area contributed by atoms with Gasteiger partial charge in [0.1, 0.15) is 11.3 Å². The van der Waals surface area contributed by atoms with E-state index < -0.39 is 0 Å². The molecule has 2 aliphatic carbocycles. The number of nitrogens with zero attached hydrogens (tertiary/aromatic N) is 5. The van der Waals surface area contributed by atoms with Crippen LogP contribution >= 0.6 is 0 Å². The molecule has 2 saturated carbocycles. The third kappa shape index (κ3) is 4.13. The fourth-order valence-electron chi connectivity index (χ4n) is 8.16. The van der Waals surface area contributed by atoms with Crippen LogP contribution in [0.3, 0.4) is 0 Å². The zero-order valence-electron chi connectivity index (χ0n) is 26.3. The maximum atomic E-state index is 13.8. The first-order valence-electron chi connectivity index (χ1n) is 16.3. The first kappa shape index (κ1) is 27.4. The van der Waals surface area contributed by atoms with Gasteiger partial charge < -0.3 is 18.8 Å². The Kier molecular flexibility index (Phi) is 5.98. The number of ether oxygens (including phenoxy) is 1. The van der Waals surface area contributed by atoms with E-state index in [1.807, 2.05) is 37.4 Å². The van der Waals surface area contributed by atoms with E-state index in [2.05, 4.69) is 55.4 Å². The van der Waals surface area contributed by atoms with Gasteiger partial charge in [0.05, 0.1) is 30.0 Å². The summed E-state index contributed by atoms with van der Waals surface area (Å²) >= 11 is 0. The highest BCUT2D eigenvalue weighted by atomic mass is 16.5. The highest BCUT2D eigenvalue weighted by molar-refractivity contribution is 6.01. The van der Waals surface area contributed by atoms with Gasteiger partial charge in [-0.1, -0.05) is 25.1 Å². The van der Waals surface area contributed by atoms with Crippen molar-refractivity contribution in [3.63, 3.8) is 0 Å². The number of aromatic nitrogens is 5. The van der Waals surface area contributed by atoms with Crippen molar-refractivity contribution in [2.45, 2.75) is 45.2 Å². The predicted octanol–water partition coefficient (Wildman–Crippen LogP) is 6.39. The van der Waals surface area contributed by atoms with Gasteiger partial charge in [0.15, 0.2) is 5.82 Å². The molecule has 4 heterocycles. The Balaban J connectivity index is 1.16. The molecule has 46 heavy (non-hydrogen) atoms. The second-order valence-electron chi connectivity index (χ2n) is 13.6. The Bertz CT molecular complexity index is 2270. The van der Waals surface area contributed by atoms with Crippen LogP contribution in [0.2, 0.25) is 0 Å². The number of nitrogens with one attached hydrogen (secondary N) is 1. The molecule has 3 atom stereocenters. The number of imidazole rings is 1. The molecule has 9 nitrogen and oxygen atoms in total. The first-order valence-corrected chi connectivity index (χ1v) is 16.3. The minimum atomic E-state index is -0.0968. The number of amides is 1. The predicted molar refractivity (Wildman–Crippen MR) is 179 cm³/mol. The van der Waals surface area contributed by atoms with Gasteiger partial charge in [-0.3, -0.25) is 14.7 Å². The van der Waals surface area contributed by atoms with Crippen molar-refractivity contribution >= 4 is 38.7 Å². The molecule has 1 aliphatic heterocycles. The van der Waals surface area contributed by atoms with E-state index in [-0.39, 0.29) is 11.3 Å². The molecule has 9 rings (SSSR count). The molecule has 3 fully saturated rings. The molecule has 1 saturated heterocycles. The lowest BCUT2D eigenvalue weighted by Gasteiger charge is -2.27. The maximum absolute atomic E-state index is 13.8. The average Bonchev–Trinajstić information content (AvgIpc) is 3.48. The smallest absolute Gasteiger partial charge is 0.254 e. The number of hydrogen-bond acceptors (Lipinski definition) is 5. The topological polar surface area (TPSA) is 98.0 Å². The lowest BCUT2D eigenvalue weighted by Crippen LogP contribution is -2.38. The lowest BCUT2D eigenvalue weighted by atomic mass is 10.0. The molecule has 2 unspecified atom stereocenters. The maximum Gasteiger partial charge on any atom is 0.254 e. The van der Waals surface area contributed by atoms with Crippen LogP contribution in [-0.4, -0.2) is 54.8 Å². The summed E-state index contributed by atoms with van der Waals surface area (Å²) in [4.78, 5) is 33.6. The van der Waals surface area contributed by atoms with Crippen molar-refractivity contribution in [3.05, 3.63) is 76.6 Å². The minimum absolute atomic E-state index is 0.0776. The molecular weight excluding hydrogens is 576 g/mol. The monoisotopic (exact) mass is 612 g/mol. The third-order valence-corrected chi connectivity index (χ3v) is 10.9. The van der Waals surface area contributed by atoms with Gasteiger partial charge in [-0.2, -0.15) is 5.10 Å². The summed E-state index contributed by atoms with van der Waals surface area (Å²) < 4.78 is 10.4. The van der Waals surface area contributed by atoms with Crippen LogP contribution in [0.5, 0.6) is 5.75 Å². The number of hydrogen-bond donors (Lipinski definition) is 1. The van der Waals surface area contributed by atoms with Crippen molar-refractivity contribution in [1.82, 2.24) is 29.2 Å². The molecule has 3 aromatic heterocycles. The fourth-order valence-corrected chi connectivity index (χ4v) is 8.16. The number of aryl methyl sites for hydroxylation is 1. The van der Waals surface area contributed by atoms with Crippen LogP contribution in [0.15, 0.2) is 65.6 Å². The van der Waals surface area contributed by atoms with Gasteiger partial charge in [0.2, 0.25) is 5.43 Å². The lowest BCUT2D eigenvalue weighted by molar-refractivity contribution is 0.0696. The van der Waals surface area contributed by atoms with E-state index in [1.165, 1.54) is 25.5 Å². The van der Waals surface area contributed by atoms with E-state index in [1.54, 1.807) is 7.11 Å². The standard InChI is InChI=1S/C37H36N6O3/c1-20-25-9-11-30(20)43(19-25)37(45)26-13-29-35(34(16-26)46-3)41(2)36(39-29)32-15-24-7-6-23(14-31(24)42(32)18-21-4-5-21)22-8-10-28-27(12-22)33(44)17-38-40-28/h6-8,10,12-17,20-21,25,30H,4-5,9,11,18-19H2,1-3H3,(H,40,44)/t20-,25?,30?/m1/s1. The largest absolute Gasteiger partial charge is 0.494 e. The van der Waals surface area contributed by atoms with E-state index in [9.17, 15) is 9.59 Å². The Hall–Kier alpha value is -4.92. The number of aromatic amines is 1. The van der Waals surface area contributed by atoms with Crippen LogP contribution in [0.4, 0.5) is 0 Å². The zero-order chi connectivity index (χ0) is 31.3. The van der Waals surface area contributed by atoms with Gasteiger partial charge in [-0.25, -0.2) is 4.98 Å². The molecule has 9 heteroatoms. The van der Waals surface area contributed by atoms with E-state index >= 15 is 0 Å². The Morgan fingerprint density at radius 3 is 2.61 bits per heavy atom. The molecule has 3 aromatic carbocycles. The summed E-state index contributed by atoms with van der Waals surface area (Å²) in [5, 5.41) is 8.61. The van der Waals surface area contributed by atoms with Crippen LogP contribution in [0, 0.1) is 17.8 Å². The Labute approximate surface area is 265 Å². The molecule has 232 valence electrons. The van der Waals surface area contributed by atoms with Gasteiger partial charge >= 0.3 is 0 Å². The van der Waals surface area contributed by atoms with Gasteiger partial charge in [-0.05, 0) is 91.0 Å². The van der Waals surface area contributed by atoms with Crippen LogP contribution < -0.4 is 10.2 Å². The molecule has 3 aliphatic rings. The number of rotatable bonds is 6. The number of fused-ring (bicyclic) bond motifs is 5. The molecule has 0 spiro atoms. The van der Waals surface area contributed by atoms with Crippen LogP contribution in [0.25, 0.3) is 55.5 Å². The third-order valence-electron chi connectivity index (χ3n) is 10.9. The highest BCUT2D eigenvalue weighted by Crippen LogP contribution is 2.44. The summed E-state index contributed by atoms with van der Waals surface area (Å²) in [7, 11) is 3.69. The summed E-state index contributed by atoms with van der Waals surface area (Å²) in [6.45, 7) is 4.04. The summed E-state index contributed by atoms with van der Waals surface area (Å²) in [6, 6.07) is 18.8. The number of piperidine rings is 1. The molecule has 0 radical (unpaired) electrons. The second kappa shape index (κ2) is 10.0. The van der Waals surface area contributed by atoms with Crippen molar-refractivity contribution < 1.29 is 9.53 Å². The van der Waals surface area contributed by atoms with Gasteiger partial charge in [0.25, 0.3) is 5.91 Å². The number of methoxy groups -OCH3 is 1. The Morgan fingerprint density at radius 2 is 1.85 bits per heavy atom. The van der Waals surface area contributed by atoms with E-state index in [0.29, 0.717) is 40.5 Å². The summed E-state index contributed by atoms with van der Waals surface area (Å²) in [5.74, 6) is 3.38.